The number of hydrogen-bond donors (Lipinski definition) is 1. The van der Waals surface area contributed by atoms with Crippen LogP contribution in [0.2, 0.25) is 0 Å². The number of alkyl halides is 8. The zero-order chi connectivity index (χ0) is 29.0. The maximum absolute atomic E-state index is 13.2. The Bertz CT molecular complexity index is 1540. The van der Waals surface area contributed by atoms with Crippen molar-refractivity contribution < 1.29 is 48.3 Å². The van der Waals surface area contributed by atoms with Crippen LogP contribution in [0, 0.1) is 0 Å². The summed E-state index contributed by atoms with van der Waals surface area (Å²) >= 11 is 0. The van der Waals surface area contributed by atoms with Crippen molar-refractivity contribution >= 4 is 27.7 Å². The Kier molecular flexibility index (Phi) is 6.79. The van der Waals surface area contributed by atoms with Gasteiger partial charge in [-0.1, -0.05) is 12.1 Å². The van der Waals surface area contributed by atoms with Gasteiger partial charge in [-0.15, -0.1) is 5.10 Å². The lowest BCUT2D eigenvalue weighted by Crippen LogP contribution is -2.58. The number of carbonyl (C=O) groups is 1. The highest BCUT2D eigenvalue weighted by atomic mass is 32.2. The van der Waals surface area contributed by atoms with Crippen LogP contribution in [0.5, 0.6) is 0 Å². The van der Waals surface area contributed by atoms with Crippen LogP contribution < -0.4 is 5.73 Å². The lowest BCUT2D eigenvalue weighted by Gasteiger charge is -2.37. The SMILES string of the molecule is NC(=O)/C(=C/n1cnc(-c2cc(C(F)(F)F)cc(C(F)(F)F)c2)n1)c1cccc(S(=O)(=O)N2CC(F)(F)C2)c1. The molecule has 0 saturated carbocycles. The van der Waals surface area contributed by atoms with Crippen molar-refractivity contribution in [2.75, 3.05) is 13.1 Å². The molecule has 17 heteroatoms. The summed E-state index contributed by atoms with van der Waals surface area (Å²) < 4.78 is 132. The van der Waals surface area contributed by atoms with Crippen molar-refractivity contribution in [3.05, 3.63) is 65.5 Å². The molecule has 3 aromatic rings. The minimum Gasteiger partial charge on any atom is -0.366 e. The summed E-state index contributed by atoms with van der Waals surface area (Å²) in [6.07, 6.45) is -8.42. The second-order valence-electron chi connectivity index (χ2n) is 8.41. The Labute approximate surface area is 214 Å². The Balaban J connectivity index is 1.71. The first-order chi connectivity index (χ1) is 17.9. The van der Waals surface area contributed by atoms with Gasteiger partial charge in [-0.25, -0.2) is 26.9 Å². The van der Waals surface area contributed by atoms with Gasteiger partial charge in [-0.05, 0) is 35.9 Å². The molecule has 1 saturated heterocycles. The third kappa shape index (κ3) is 5.93. The first-order valence-corrected chi connectivity index (χ1v) is 12.0. The number of halogens is 8. The summed E-state index contributed by atoms with van der Waals surface area (Å²) in [6, 6.07) is 5.35. The minimum absolute atomic E-state index is 0.0616. The molecule has 2 heterocycles. The van der Waals surface area contributed by atoms with E-state index in [1.54, 1.807) is 0 Å². The molecule has 0 radical (unpaired) electrons. The molecule has 1 fully saturated rings. The van der Waals surface area contributed by atoms with Crippen LogP contribution in [0.25, 0.3) is 23.2 Å². The Morgan fingerprint density at radius 3 is 2.08 bits per heavy atom. The van der Waals surface area contributed by atoms with Gasteiger partial charge in [0.15, 0.2) is 5.82 Å². The van der Waals surface area contributed by atoms with Crippen LogP contribution in [-0.4, -0.2) is 52.4 Å². The summed E-state index contributed by atoms with van der Waals surface area (Å²) in [7, 11) is -4.34. The number of sulfonamides is 1. The molecule has 1 aliphatic rings. The maximum atomic E-state index is 13.2. The van der Waals surface area contributed by atoms with E-state index in [1.165, 1.54) is 12.1 Å². The van der Waals surface area contributed by atoms with Gasteiger partial charge < -0.3 is 5.73 Å². The molecule has 0 unspecified atom stereocenters. The quantitative estimate of drug-likeness (QED) is 0.348. The lowest BCUT2D eigenvalue weighted by molar-refractivity contribution is -0.143. The largest absolute Gasteiger partial charge is 0.416 e. The molecule has 39 heavy (non-hydrogen) atoms. The number of hydrogen-bond acceptors (Lipinski definition) is 5. The highest BCUT2D eigenvalue weighted by Gasteiger charge is 2.49. The molecule has 0 bridgehead atoms. The molecule has 8 nitrogen and oxygen atoms in total. The summed E-state index contributed by atoms with van der Waals surface area (Å²) in [6.45, 7) is -2.04. The summed E-state index contributed by atoms with van der Waals surface area (Å²) in [4.78, 5) is 15.4. The molecule has 2 N–H and O–H groups in total. The first-order valence-electron chi connectivity index (χ1n) is 10.6. The third-order valence-corrected chi connectivity index (χ3v) is 7.27. The third-order valence-electron chi connectivity index (χ3n) is 5.48. The second-order valence-corrected chi connectivity index (χ2v) is 10.3. The molecule has 4 rings (SSSR count). The van der Waals surface area contributed by atoms with E-state index in [0.29, 0.717) is 16.4 Å². The molecule has 0 atom stereocenters. The van der Waals surface area contributed by atoms with E-state index < -0.39 is 74.7 Å². The summed E-state index contributed by atoms with van der Waals surface area (Å²) in [5.74, 6) is -4.84. The number of rotatable bonds is 6. The van der Waals surface area contributed by atoms with Crippen molar-refractivity contribution in [2.24, 2.45) is 5.73 Å². The zero-order valence-electron chi connectivity index (χ0n) is 19.1. The average Bonchev–Trinajstić information content (AvgIpc) is 3.28. The molecule has 1 aromatic heterocycles. The molecule has 0 aliphatic carbocycles. The molecule has 2 aromatic carbocycles. The number of amides is 1. The van der Waals surface area contributed by atoms with Gasteiger partial charge in [0.05, 0.1) is 34.7 Å². The first kappa shape index (κ1) is 28.2. The number of aromatic nitrogens is 3. The topological polar surface area (TPSA) is 111 Å². The van der Waals surface area contributed by atoms with Crippen LogP contribution in [0.15, 0.2) is 53.7 Å². The Hall–Kier alpha value is -3.86. The van der Waals surface area contributed by atoms with Crippen LogP contribution in [0.3, 0.4) is 0 Å². The molecule has 0 spiro atoms. The van der Waals surface area contributed by atoms with Gasteiger partial charge in [-0.3, -0.25) is 4.79 Å². The van der Waals surface area contributed by atoms with E-state index in [-0.39, 0.29) is 17.2 Å². The van der Waals surface area contributed by atoms with Gasteiger partial charge in [-0.2, -0.15) is 30.6 Å². The smallest absolute Gasteiger partial charge is 0.366 e. The predicted molar refractivity (Wildman–Crippen MR) is 119 cm³/mol. The van der Waals surface area contributed by atoms with Crippen LogP contribution >= 0.6 is 0 Å². The highest BCUT2D eigenvalue weighted by Crippen LogP contribution is 2.38. The van der Waals surface area contributed by atoms with Crippen molar-refractivity contribution in [1.82, 2.24) is 19.1 Å². The fraction of sp³-hybridized carbons (Fsp3) is 0.227. The molecule has 1 aliphatic heterocycles. The Morgan fingerprint density at radius 1 is 0.974 bits per heavy atom. The second kappa shape index (κ2) is 9.41. The van der Waals surface area contributed by atoms with E-state index in [4.69, 9.17) is 5.73 Å². The number of carbonyl (C=O) groups excluding carboxylic acids is 1. The molecular weight excluding hydrogens is 566 g/mol. The maximum Gasteiger partial charge on any atom is 0.416 e. The summed E-state index contributed by atoms with van der Waals surface area (Å²) in [5.41, 5.74) is 1.12. The van der Waals surface area contributed by atoms with Crippen molar-refractivity contribution in [1.29, 1.82) is 0 Å². The number of nitrogens with two attached hydrogens (primary N) is 1. The van der Waals surface area contributed by atoms with E-state index in [9.17, 15) is 48.3 Å². The van der Waals surface area contributed by atoms with E-state index in [0.717, 1.165) is 29.3 Å². The van der Waals surface area contributed by atoms with Crippen molar-refractivity contribution in [2.45, 2.75) is 23.2 Å². The van der Waals surface area contributed by atoms with Gasteiger partial charge in [0.2, 0.25) is 10.0 Å². The predicted octanol–water partition coefficient (Wildman–Crippen LogP) is 4.11. The molecule has 1 amide bonds. The fourth-order valence-electron chi connectivity index (χ4n) is 3.58. The van der Waals surface area contributed by atoms with E-state index in [2.05, 4.69) is 10.1 Å². The number of benzene rings is 2. The normalized spacial score (nSPS) is 16.7. The van der Waals surface area contributed by atoms with Crippen LogP contribution in [-0.2, 0) is 27.2 Å². The highest BCUT2D eigenvalue weighted by molar-refractivity contribution is 7.89. The standard InChI is InChI=1S/C22H15F8N5O3S/c23-20(24)9-35(10-20)39(37,38)16-3-1-2-12(6-16)17(18(31)36)8-34-11-32-19(33-34)13-4-14(21(25,26)27)7-15(5-13)22(28,29)30/h1-8,11H,9-10H2,(H2,31,36)/b17-8+. The fourth-order valence-corrected chi connectivity index (χ4v) is 5.12. The monoisotopic (exact) mass is 581 g/mol. The zero-order valence-corrected chi connectivity index (χ0v) is 19.9. The van der Waals surface area contributed by atoms with Crippen LogP contribution in [0.4, 0.5) is 35.1 Å². The van der Waals surface area contributed by atoms with Gasteiger partial charge >= 0.3 is 12.4 Å². The van der Waals surface area contributed by atoms with Gasteiger partial charge in [0.25, 0.3) is 11.8 Å². The van der Waals surface area contributed by atoms with E-state index >= 15 is 0 Å². The van der Waals surface area contributed by atoms with Crippen molar-refractivity contribution in [3.8, 4) is 11.4 Å². The minimum atomic E-state index is -5.10. The molecular formula is C22H15F8N5O3S. The average molecular weight is 581 g/mol. The molecule has 208 valence electrons. The Morgan fingerprint density at radius 2 is 1.56 bits per heavy atom. The summed E-state index contributed by atoms with van der Waals surface area (Å²) in [5, 5.41) is 3.79. The van der Waals surface area contributed by atoms with Gasteiger partial charge in [0, 0.05) is 11.8 Å². The lowest BCUT2D eigenvalue weighted by atomic mass is 10.0. The van der Waals surface area contributed by atoms with E-state index in [1.807, 2.05) is 0 Å². The van der Waals surface area contributed by atoms with Crippen molar-refractivity contribution in [3.63, 3.8) is 0 Å². The number of primary amides is 1. The van der Waals surface area contributed by atoms with Crippen LogP contribution in [0.1, 0.15) is 16.7 Å². The van der Waals surface area contributed by atoms with Gasteiger partial charge in [0.1, 0.15) is 6.33 Å². The number of nitrogens with zero attached hydrogens (tertiary/aromatic N) is 4.